The maximum absolute atomic E-state index is 12.9. The number of hydrogen-bond acceptors (Lipinski definition) is 4. The molecule has 4 nitrogen and oxygen atoms in total. The van der Waals surface area contributed by atoms with Crippen LogP contribution in [-0.2, 0) is 17.7 Å². The van der Waals surface area contributed by atoms with Gasteiger partial charge in [0.05, 0.1) is 27.1 Å². The van der Waals surface area contributed by atoms with Crippen molar-refractivity contribution in [3.8, 4) is 21.7 Å². The lowest BCUT2D eigenvalue weighted by Crippen LogP contribution is -2.08. The van der Waals surface area contributed by atoms with Crippen molar-refractivity contribution in [2.75, 3.05) is 6.61 Å². The van der Waals surface area contributed by atoms with Gasteiger partial charge in [-0.2, -0.15) is 0 Å². The van der Waals surface area contributed by atoms with E-state index in [0.717, 1.165) is 41.1 Å². The number of esters is 1. The summed E-state index contributed by atoms with van der Waals surface area (Å²) in [6.07, 6.45) is 5.53. The summed E-state index contributed by atoms with van der Waals surface area (Å²) >= 11 is 7.65. The van der Waals surface area contributed by atoms with E-state index < -0.39 is 0 Å². The Morgan fingerprint density at radius 1 is 1.32 bits per heavy atom. The molecule has 0 radical (unpaired) electrons. The molecule has 0 fully saturated rings. The zero-order valence-corrected chi connectivity index (χ0v) is 15.4. The molecule has 0 aliphatic carbocycles. The summed E-state index contributed by atoms with van der Waals surface area (Å²) in [5, 5.41) is 0. The molecule has 3 aromatic rings. The first kappa shape index (κ1) is 16.4. The fraction of sp³-hybridized carbons (Fsp3) is 0.263. The fourth-order valence-electron chi connectivity index (χ4n) is 3.51. The summed E-state index contributed by atoms with van der Waals surface area (Å²) in [7, 11) is 0. The summed E-state index contributed by atoms with van der Waals surface area (Å²) in [5.41, 5.74) is 4.72. The molecule has 4 heterocycles. The molecule has 0 atom stereocenters. The lowest BCUT2D eigenvalue weighted by atomic mass is 9.99. The van der Waals surface area contributed by atoms with E-state index in [2.05, 4.69) is 9.55 Å². The van der Waals surface area contributed by atoms with Crippen molar-refractivity contribution in [1.29, 1.82) is 0 Å². The lowest BCUT2D eigenvalue weighted by Gasteiger charge is -2.09. The van der Waals surface area contributed by atoms with Crippen LogP contribution in [0.5, 0.6) is 0 Å². The van der Waals surface area contributed by atoms with Crippen LogP contribution in [0.1, 0.15) is 29.4 Å². The number of carbonyl (C=O) groups is 1. The molecule has 1 aliphatic rings. The first-order valence-corrected chi connectivity index (χ1v) is 9.48. The first-order valence-electron chi connectivity index (χ1n) is 8.29. The van der Waals surface area contributed by atoms with Crippen molar-refractivity contribution in [2.45, 2.75) is 26.3 Å². The second kappa shape index (κ2) is 6.65. The Hall–Kier alpha value is -2.11. The molecule has 0 aromatic carbocycles. The minimum Gasteiger partial charge on any atom is -0.462 e. The van der Waals surface area contributed by atoms with Crippen LogP contribution in [0.25, 0.3) is 21.7 Å². The maximum atomic E-state index is 12.9. The molecule has 128 valence electrons. The number of carbonyl (C=O) groups excluding carboxylic acids is 1. The van der Waals surface area contributed by atoms with E-state index in [4.69, 9.17) is 16.3 Å². The Bertz CT molecular complexity index is 931. The summed E-state index contributed by atoms with van der Waals surface area (Å²) in [6, 6.07) is 7.75. The monoisotopic (exact) mass is 372 g/mol. The van der Waals surface area contributed by atoms with E-state index >= 15 is 0 Å². The number of aromatic nitrogens is 2. The van der Waals surface area contributed by atoms with E-state index in [1.54, 1.807) is 12.4 Å². The van der Waals surface area contributed by atoms with Crippen LogP contribution in [0, 0.1) is 0 Å². The van der Waals surface area contributed by atoms with Crippen molar-refractivity contribution in [3.05, 3.63) is 52.3 Å². The quantitative estimate of drug-likeness (QED) is 0.601. The zero-order valence-electron chi connectivity index (χ0n) is 13.8. The lowest BCUT2D eigenvalue weighted by molar-refractivity contribution is 0.0528. The van der Waals surface area contributed by atoms with Gasteiger partial charge in [0.25, 0.3) is 0 Å². The van der Waals surface area contributed by atoms with Crippen molar-refractivity contribution >= 4 is 28.9 Å². The van der Waals surface area contributed by atoms with E-state index in [-0.39, 0.29) is 5.97 Å². The molecule has 1 aliphatic heterocycles. The zero-order chi connectivity index (χ0) is 17.4. The van der Waals surface area contributed by atoms with Crippen molar-refractivity contribution in [1.82, 2.24) is 9.55 Å². The van der Waals surface area contributed by atoms with Gasteiger partial charge in [0.1, 0.15) is 0 Å². The number of nitrogens with zero attached hydrogens (tertiary/aromatic N) is 2. The number of thiophene rings is 1. The molecular formula is C19H17ClN2O2S. The largest absolute Gasteiger partial charge is 0.462 e. The number of pyridine rings is 1. The van der Waals surface area contributed by atoms with Gasteiger partial charge in [-0.25, -0.2) is 4.79 Å². The smallest absolute Gasteiger partial charge is 0.341 e. The number of ether oxygens (including phenoxy) is 1. The van der Waals surface area contributed by atoms with Crippen LogP contribution in [0.3, 0.4) is 0 Å². The summed E-state index contributed by atoms with van der Waals surface area (Å²) in [6.45, 7) is 3.08. The Kier molecular flexibility index (Phi) is 4.36. The van der Waals surface area contributed by atoms with Gasteiger partial charge in [-0.3, -0.25) is 4.98 Å². The second-order valence-electron chi connectivity index (χ2n) is 5.86. The van der Waals surface area contributed by atoms with E-state index in [1.165, 1.54) is 17.0 Å². The molecule has 3 aromatic heterocycles. The second-order valence-corrected chi connectivity index (χ2v) is 7.58. The minimum atomic E-state index is -0.282. The first-order chi connectivity index (χ1) is 12.2. The molecule has 0 spiro atoms. The van der Waals surface area contributed by atoms with E-state index in [0.29, 0.717) is 16.5 Å². The summed E-state index contributed by atoms with van der Waals surface area (Å²) in [5.74, 6) is -0.282. The Morgan fingerprint density at radius 3 is 2.80 bits per heavy atom. The molecule has 6 heteroatoms. The Morgan fingerprint density at radius 2 is 2.12 bits per heavy atom. The normalized spacial score (nSPS) is 13.0. The highest BCUT2D eigenvalue weighted by Gasteiger charge is 2.32. The highest BCUT2D eigenvalue weighted by atomic mass is 35.5. The Balaban J connectivity index is 2.02. The molecular weight excluding hydrogens is 356 g/mol. The standard InChI is InChI=1S/C19H17ClN2O2S/c1-2-24-19(23)17-16(12-7-9-21-10-8-12)13-4-3-11-22(13)18(17)14-5-6-15(20)25-14/h5-10H,2-4,11H2,1H3. The van der Waals surface area contributed by atoms with Crippen molar-refractivity contribution in [3.63, 3.8) is 0 Å². The van der Waals surface area contributed by atoms with Crippen LogP contribution in [-0.4, -0.2) is 22.1 Å². The van der Waals surface area contributed by atoms with E-state index in [9.17, 15) is 4.79 Å². The summed E-state index contributed by atoms with van der Waals surface area (Å²) in [4.78, 5) is 18.0. The highest BCUT2D eigenvalue weighted by Crippen LogP contribution is 2.44. The average Bonchev–Trinajstić information content (AvgIpc) is 3.30. The molecule has 0 N–H and O–H groups in total. The predicted octanol–water partition coefficient (Wildman–Crippen LogP) is 5.05. The van der Waals surface area contributed by atoms with Crippen LogP contribution < -0.4 is 0 Å². The van der Waals surface area contributed by atoms with Crippen LogP contribution in [0.2, 0.25) is 4.34 Å². The number of hydrogen-bond donors (Lipinski definition) is 0. The Labute approximate surface area is 155 Å². The molecule has 0 unspecified atom stereocenters. The molecule has 0 saturated carbocycles. The maximum Gasteiger partial charge on any atom is 0.341 e. The van der Waals surface area contributed by atoms with Gasteiger partial charge < -0.3 is 9.30 Å². The van der Waals surface area contributed by atoms with Gasteiger partial charge >= 0.3 is 5.97 Å². The number of halogens is 1. The number of fused-ring (bicyclic) bond motifs is 1. The van der Waals surface area contributed by atoms with Gasteiger partial charge in [0.2, 0.25) is 0 Å². The summed E-state index contributed by atoms with van der Waals surface area (Å²) < 4.78 is 8.37. The van der Waals surface area contributed by atoms with Gasteiger partial charge in [0, 0.05) is 30.2 Å². The fourth-order valence-corrected chi connectivity index (χ4v) is 4.61. The van der Waals surface area contributed by atoms with Gasteiger partial charge in [-0.15, -0.1) is 11.3 Å². The average molecular weight is 373 g/mol. The molecule has 4 rings (SSSR count). The van der Waals surface area contributed by atoms with E-state index in [1.807, 2.05) is 31.2 Å². The minimum absolute atomic E-state index is 0.282. The van der Waals surface area contributed by atoms with Gasteiger partial charge in [0.15, 0.2) is 0 Å². The van der Waals surface area contributed by atoms with Gasteiger partial charge in [-0.05, 0) is 49.6 Å². The third kappa shape index (κ3) is 2.77. The molecule has 25 heavy (non-hydrogen) atoms. The highest BCUT2D eigenvalue weighted by molar-refractivity contribution is 7.19. The molecule has 0 saturated heterocycles. The topological polar surface area (TPSA) is 44.1 Å². The van der Waals surface area contributed by atoms with Crippen LogP contribution in [0.4, 0.5) is 0 Å². The van der Waals surface area contributed by atoms with Gasteiger partial charge in [-0.1, -0.05) is 11.6 Å². The third-order valence-electron chi connectivity index (χ3n) is 4.42. The molecule has 0 bridgehead atoms. The van der Waals surface area contributed by atoms with Crippen LogP contribution in [0.15, 0.2) is 36.7 Å². The predicted molar refractivity (Wildman–Crippen MR) is 100 cm³/mol. The van der Waals surface area contributed by atoms with Crippen molar-refractivity contribution in [2.24, 2.45) is 0 Å². The van der Waals surface area contributed by atoms with Crippen molar-refractivity contribution < 1.29 is 9.53 Å². The number of rotatable bonds is 4. The van der Waals surface area contributed by atoms with Crippen LogP contribution >= 0.6 is 22.9 Å². The SMILES string of the molecule is CCOC(=O)c1c(-c2ccncc2)c2n(c1-c1ccc(Cl)s1)CCC2. The third-order valence-corrected chi connectivity index (χ3v) is 5.66. The molecule has 0 amide bonds.